The fourth-order valence-corrected chi connectivity index (χ4v) is 3.27. The van der Waals surface area contributed by atoms with Crippen LogP contribution in [0.15, 0.2) is 47.2 Å². The molecule has 0 bridgehead atoms. The summed E-state index contributed by atoms with van der Waals surface area (Å²) in [6.07, 6.45) is 3.95. The number of nitrogens with zero attached hydrogens (tertiary/aromatic N) is 1. The van der Waals surface area contributed by atoms with Crippen LogP contribution >= 0.6 is 11.3 Å². The SMILES string of the molecule is C(#CC(c1ccccc1)N1CCCCC1)c1ccsc1. The molecular weight excluding hydrogens is 262 g/mol. The third kappa shape index (κ3) is 3.30. The molecule has 0 N–H and O–H groups in total. The highest BCUT2D eigenvalue weighted by molar-refractivity contribution is 7.08. The maximum absolute atomic E-state index is 3.49. The largest absolute Gasteiger partial charge is 0.286 e. The summed E-state index contributed by atoms with van der Waals surface area (Å²) in [4.78, 5) is 2.53. The van der Waals surface area contributed by atoms with Crippen molar-refractivity contribution in [3.63, 3.8) is 0 Å². The molecule has 1 aromatic heterocycles. The number of benzene rings is 1. The van der Waals surface area contributed by atoms with E-state index in [1.54, 1.807) is 11.3 Å². The van der Waals surface area contributed by atoms with E-state index in [2.05, 4.69) is 63.9 Å². The smallest absolute Gasteiger partial charge is 0.0974 e. The van der Waals surface area contributed by atoms with Crippen molar-refractivity contribution in [2.24, 2.45) is 0 Å². The van der Waals surface area contributed by atoms with Crippen molar-refractivity contribution in [1.29, 1.82) is 0 Å². The summed E-state index contributed by atoms with van der Waals surface area (Å²) >= 11 is 1.71. The standard InChI is InChI=1S/C18H19NS/c1-3-7-17(8-4-1)18(19-12-5-2-6-13-19)10-9-16-11-14-20-15-16/h1,3-4,7-8,11,14-15,18H,2,5-6,12-13H2. The van der Waals surface area contributed by atoms with E-state index in [0.717, 1.165) is 18.7 Å². The van der Waals surface area contributed by atoms with Gasteiger partial charge in [0.25, 0.3) is 0 Å². The topological polar surface area (TPSA) is 3.24 Å². The molecule has 1 nitrogen and oxygen atoms in total. The molecular formula is C18H19NS. The Bertz CT molecular complexity index is 571. The lowest BCUT2D eigenvalue weighted by atomic mass is 10.0. The summed E-state index contributed by atoms with van der Waals surface area (Å²) in [5.74, 6) is 6.83. The Balaban J connectivity index is 1.87. The van der Waals surface area contributed by atoms with Crippen molar-refractivity contribution in [3.8, 4) is 11.8 Å². The van der Waals surface area contributed by atoms with Crippen LogP contribution in [0.5, 0.6) is 0 Å². The van der Waals surface area contributed by atoms with Crippen LogP contribution in [0.4, 0.5) is 0 Å². The lowest BCUT2D eigenvalue weighted by Crippen LogP contribution is -2.33. The van der Waals surface area contributed by atoms with Gasteiger partial charge in [0.05, 0.1) is 6.04 Å². The summed E-state index contributed by atoms with van der Waals surface area (Å²) < 4.78 is 0. The molecule has 2 heterocycles. The Morgan fingerprint density at radius 1 is 1.00 bits per heavy atom. The Morgan fingerprint density at radius 2 is 1.80 bits per heavy atom. The van der Waals surface area contributed by atoms with Crippen LogP contribution in [-0.4, -0.2) is 18.0 Å². The Labute approximate surface area is 125 Å². The van der Waals surface area contributed by atoms with Crippen molar-refractivity contribution in [2.75, 3.05) is 13.1 Å². The summed E-state index contributed by atoms with van der Waals surface area (Å²) in [6.45, 7) is 2.33. The van der Waals surface area contributed by atoms with Crippen molar-refractivity contribution in [1.82, 2.24) is 4.90 Å². The first-order valence-electron chi connectivity index (χ1n) is 7.26. The molecule has 1 unspecified atom stereocenters. The van der Waals surface area contributed by atoms with E-state index in [9.17, 15) is 0 Å². The van der Waals surface area contributed by atoms with E-state index in [1.165, 1.54) is 24.8 Å². The van der Waals surface area contributed by atoms with Crippen molar-refractivity contribution >= 4 is 11.3 Å². The van der Waals surface area contributed by atoms with Gasteiger partial charge < -0.3 is 0 Å². The first-order valence-corrected chi connectivity index (χ1v) is 8.20. The molecule has 20 heavy (non-hydrogen) atoms. The van der Waals surface area contributed by atoms with E-state index < -0.39 is 0 Å². The molecule has 1 aliphatic rings. The Hall–Kier alpha value is -1.56. The third-order valence-corrected chi connectivity index (χ3v) is 4.43. The van der Waals surface area contributed by atoms with Crippen LogP contribution in [0.2, 0.25) is 0 Å². The van der Waals surface area contributed by atoms with Gasteiger partial charge >= 0.3 is 0 Å². The molecule has 2 aromatic rings. The van der Waals surface area contributed by atoms with E-state index in [-0.39, 0.29) is 6.04 Å². The molecule has 0 amide bonds. The van der Waals surface area contributed by atoms with Crippen molar-refractivity contribution in [3.05, 3.63) is 58.3 Å². The highest BCUT2D eigenvalue weighted by atomic mass is 32.1. The van der Waals surface area contributed by atoms with Crippen LogP contribution in [0.25, 0.3) is 0 Å². The molecule has 3 rings (SSSR count). The van der Waals surface area contributed by atoms with Gasteiger partial charge in [0, 0.05) is 10.9 Å². The predicted octanol–water partition coefficient (Wildman–Crippen LogP) is 4.33. The molecule has 0 radical (unpaired) electrons. The van der Waals surface area contributed by atoms with Crippen LogP contribution in [0.3, 0.4) is 0 Å². The predicted molar refractivity (Wildman–Crippen MR) is 85.8 cm³/mol. The number of likely N-dealkylation sites (tertiary alicyclic amines) is 1. The number of piperidine rings is 1. The fourth-order valence-electron chi connectivity index (χ4n) is 2.68. The zero-order chi connectivity index (χ0) is 13.6. The van der Waals surface area contributed by atoms with Crippen LogP contribution in [0, 0.1) is 11.8 Å². The van der Waals surface area contributed by atoms with E-state index >= 15 is 0 Å². The summed E-state index contributed by atoms with van der Waals surface area (Å²) in [5.41, 5.74) is 2.45. The monoisotopic (exact) mass is 281 g/mol. The zero-order valence-electron chi connectivity index (χ0n) is 11.6. The van der Waals surface area contributed by atoms with Gasteiger partial charge in [-0.25, -0.2) is 0 Å². The second-order valence-electron chi connectivity index (χ2n) is 5.19. The van der Waals surface area contributed by atoms with Crippen molar-refractivity contribution < 1.29 is 0 Å². The van der Waals surface area contributed by atoms with Gasteiger partial charge in [0.15, 0.2) is 0 Å². The van der Waals surface area contributed by atoms with Gasteiger partial charge in [0.1, 0.15) is 0 Å². The van der Waals surface area contributed by atoms with Crippen molar-refractivity contribution in [2.45, 2.75) is 25.3 Å². The molecule has 2 heteroatoms. The van der Waals surface area contributed by atoms with Crippen LogP contribution < -0.4 is 0 Å². The van der Waals surface area contributed by atoms with Gasteiger partial charge in [-0.2, -0.15) is 11.3 Å². The zero-order valence-corrected chi connectivity index (χ0v) is 12.4. The summed E-state index contributed by atoms with van der Waals surface area (Å²) in [7, 11) is 0. The average molecular weight is 281 g/mol. The minimum Gasteiger partial charge on any atom is -0.286 e. The number of hydrogen-bond donors (Lipinski definition) is 0. The highest BCUT2D eigenvalue weighted by Crippen LogP contribution is 2.24. The average Bonchev–Trinajstić information content (AvgIpc) is 3.03. The Morgan fingerprint density at radius 3 is 2.50 bits per heavy atom. The lowest BCUT2D eigenvalue weighted by Gasteiger charge is -2.31. The van der Waals surface area contributed by atoms with Gasteiger partial charge in [0.2, 0.25) is 0 Å². The second-order valence-corrected chi connectivity index (χ2v) is 5.97. The van der Waals surface area contributed by atoms with Gasteiger partial charge in [-0.05, 0) is 42.9 Å². The first-order chi connectivity index (χ1) is 9.93. The molecule has 0 aliphatic carbocycles. The molecule has 102 valence electrons. The minimum absolute atomic E-state index is 0.233. The van der Waals surface area contributed by atoms with E-state index in [4.69, 9.17) is 0 Å². The van der Waals surface area contributed by atoms with Crippen LogP contribution in [-0.2, 0) is 0 Å². The Kier molecular flexibility index (Phi) is 4.53. The maximum Gasteiger partial charge on any atom is 0.0974 e. The highest BCUT2D eigenvalue weighted by Gasteiger charge is 2.20. The van der Waals surface area contributed by atoms with E-state index in [0.29, 0.717) is 0 Å². The molecule has 1 fully saturated rings. The minimum atomic E-state index is 0.233. The maximum atomic E-state index is 3.49. The summed E-state index contributed by atoms with van der Waals surface area (Å²) in [5, 5.41) is 4.20. The first kappa shape index (κ1) is 13.4. The quantitative estimate of drug-likeness (QED) is 0.741. The molecule has 1 atom stereocenters. The van der Waals surface area contributed by atoms with E-state index in [1.807, 2.05) is 0 Å². The van der Waals surface area contributed by atoms with Crippen LogP contribution in [0.1, 0.15) is 36.4 Å². The summed E-state index contributed by atoms with van der Waals surface area (Å²) in [6, 6.07) is 13.0. The molecule has 0 spiro atoms. The lowest BCUT2D eigenvalue weighted by molar-refractivity contribution is 0.197. The number of hydrogen-bond acceptors (Lipinski definition) is 2. The molecule has 1 aromatic carbocycles. The molecule has 0 saturated carbocycles. The van der Waals surface area contributed by atoms with Gasteiger partial charge in [-0.1, -0.05) is 48.6 Å². The molecule has 1 aliphatic heterocycles. The van der Waals surface area contributed by atoms with Gasteiger partial charge in [-0.15, -0.1) is 0 Å². The molecule has 1 saturated heterocycles. The second kappa shape index (κ2) is 6.74. The number of rotatable bonds is 2. The normalized spacial score (nSPS) is 17.2. The number of thiophene rings is 1. The van der Waals surface area contributed by atoms with Gasteiger partial charge in [-0.3, -0.25) is 4.90 Å². The third-order valence-electron chi connectivity index (χ3n) is 3.75. The fraction of sp³-hybridized carbons (Fsp3) is 0.333.